The molecule has 0 aliphatic rings. The standard InChI is InChI=1S/C14H20N4/c1-3-6-13-17-12(11-7-5-9-15-11)10-14(18-13)16-8-4-2/h5,7,9-10,15H,3-4,6,8H2,1-2H3,(H,16,17,18). The predicted molar refractivity (Wildman–Crippen MR) is 74.6 cm³/mol. The van der Waals surface area contributed by atoms with Gasteiger partial charge in [0.15, 0.2) is 0 Å². The zero-order chi connectivity index (χ0) is 12.8. The van der Waals surface area contributed by atoms with E-state index in [1.165, 1.54) is 0 Å². The number of aryl methyl sites for hydroxylation is 1. The summed E-state index contributed by atoms with van der Waals surface area (Å²) in [6, 6.07) is 6.01. The van der Waals surface area contributed by atoms with Crippen molar-refractivity contribution in [3.63, 3.8) is 0 Å². The molecule has 4 nitrogen and oxygen atoms in total. The summed E-state index contributed by atoms with van der Waals surface area (Å²) in [4.78, 5) is 12.3. The zero-order valence-corrected chi connectivity index (χ0v) is 11.0. The third-order valence-electron chi connectivity index (χ3n) is 2.68. The van der Waals surface area contributed by atoms with E-state index in [1.54, 1.807) is 0 Å². The van der Waals surface area contributed by atoms with Crippen LogP contribution in [-0.2, 0) is 6.42 Å². The van der Waals surface area contributed by atoms with Crippen molar-refractivity contribution in [3.8, 4) is 11.4 Å². The van der Waals surface area contributed by atoms with Gasteiger partial charge in [-0.3, -0.25) is 0 Å². The number of H-pyrrole nitrogens is 1. The zero-order valence-electron chi connectivity index (χ0n) is 11.0. The largest absolute Gasteiger partial charge is 0.370 e. The molecule has 2 N–H and O–H groups in total. The van der Waals surface area contributed by atoms with E-state index in [2.05, 4.69) is 34.1 Å². The van der Waals surface area contributed by atoms with E-state index >= 15 is 0 Å². The quantitative estimate of drug-likeness (QED) is 0.820. The fourth-order valence-corrected chi connectivity index (χ4v) is 1.80. The maximum atomic E-state index is 4.59. The summed E-state index contributed by atoms with van der Waals surface area (Å²) >= 11 is 0. The molecule has 2 rings (SSSR count). The Labute approximate surface area is 108 Å². The summed E-state index contributed by atoms with van der Waals surface area (Å²) in [5, 5.41) is 3.33. The molecule has 0 bridgehead atoms. The first-order valence-corrected chi connectivity index (χ1v) is 6.59. The van der Waals surface area contributed by atoms with Crippen LogP contribution in [0.5, 0.6) is 0 Å². The minimum absolute atomic E-state index is 0.906. The second kappa shape index (κ2) is 6.19. The van der Waals surface area contributed by atoms with Crippen LogP contribution in [0.4, 0.5) is 5.82 Å². The van der Waals surface area contributed by atoms with Crippen molar-refractivity contribution in [3.05, 3.63) is 30.2 Å². The highest BCUT2D eigenvalue weighted by atomic mass is 15.0. The number of nitrogens with zero attached hydrogens (tertiary/aromatic N) is 2. The van der Waals surface area contributed by atoms with Gasteiger partial charge in [-0.1, -0.05) is 13.8 Å². The number of hydrogen-bond acceptors (Lipinski definition) is 3. The molecule has 2 aromatic heterocycles. The van der Waals surface area contributed by atoms with Gasteiger partial charge in [0, 0.05) is 25.2 Å². The lowest BCUT2D eigenvalue weighted by Crippen LogP contribution is -2.06. The van der Waals surface area contributed by atoms with Gasteiger partial charge in [-0.05, 0) is 25.0 Å². The number of aromatic amines is 1. The lowest BCUT2D eigenvalue weighted by atomic mass is 10.2. The monoisotopic (exact) mass is 244 g/mol. The highest BCUT2D eigenvalue weighted by Crippen LogP contribution is 2.18. The number of anilines is 1. The van der Waals surface area contributed by atoms with Gasteiger partial charge in [0.2, 0.25) is 0 Å². The molecule has 96 valence electrons. The first kappa shape index (κ1) is 12.6. The fourth-order valence-electron chi connectivity index (χ4n) is 1.80. The van der Waals surface area contributed by atoms with Crippen molar-refractivity contribution in [2.75, 3.05) is 11.9 Å². The number of aromatic nitrogens is 3. The molecule has 0 aliphatic carbocycles. The Hall–Kier alpha value is -1.84. The SMILES string of the molecule is CCCNc1cc(-c2ccc[nH]2)nc(CCC)n1. The highest BCUT2D eigenvalue weighted by Gasteiger charge is 2.06. The minimum Gasteiger partial charge on any atom is -0.370 e. The van der Waals surface area contributed by atoms with E-state index in [0.29, 0.717) is 0 Å². The van der Waals surface area contributed by atoms with Gasteiger partial charge >= 0.3 is 0 Å². The normalized spacial score (nSPS) is 10.6. The summed E-state index contributed by atoms with van der Waals surface area (Å²) < 4.78 is 0. The number of rotatable bonds is 6. The average molecular weight is 244 g/mol. The Morgan fingerprint density at radius 1 is 1.22 bits per heavy atom. The highest BCUT2D eigenvalue weighted by molar-refractivity contribution is 5.58. The molecule has 0 aromatic carbocycles. The Morgan fingerprint density at radius 3 is 2.78 bits per heavy atom. The molecule has 0 saturated carbocycles. The topological polar surface area (TPSA) is 53.6 Å². The van der Waals surface area contributed by atoms with Gasteiger partial charge in [0.25, 0.3) is 0 Å². The second-order valence-corrected chi connectivity index (χ2v) is 4.32. The Kier molecular flexibility index (Phi) is 4.34. The molecule has 0 unspecified atom stereocenters. The molecule has 0 saturated heterocycles. The number of nitrogens with one attached hydrogen (secondary N) is 2. The van der Waals surface area contributed by atoms with Crippen LogP contribution >= 0.6 is 0 Å². The van der Waals surface area contributed by atoms with Gasteiger partial charge in [-0.15, -0.1) is 0 Å². The van der Waals surface area contributed by atoms with Crippen molar-refractivity contribution in [1.82, 2.24) is 15.0 Å². The van der Waals surface area contributed by atoms with Crippen LogP contribution in [0.15, 0.2) is 24.4 Å². The van der Waals surface area contributed by atoms with Crippen LogP contribution in [0.25, 0.3) is 11.4 Å². The lowest BCUT2D eigenvalue weighted by Gasteiger charge is -2.08. The van der Waals surface area contributed by atoms with Crippen LogP contribution in [0.1, 0.15) is 32.5 Å². The van der Waals surface area contributed by atoms with Crippen molar-refractivity contribution >= 4 is 5.82 Å². The molecule has 0 radical (unpaired) electrons. The Balaban J connectivity index is 2.30. The predicted octanol–water partition coefficient (Wildman–Crippen LogP) is 3.25. The van der Waals surface area contributed by atoms with E-state index in [1.807, 2.05) is 24.4 Å². The summed E-state index contributed by atoms with van der Waals surface area (Å²) in [6.45, 7) is 5.23. The summed E-state index contributed by atoms with van der Waals surface area (Å²) in [5.41, 5.74) is 1.99. The van der Waals surface area contributed by atoms with Crippen molar-refractivity contribution in [1.29, 1.82) is 0 Å². The van der Waals surface area contributed by atoms with Gasteiger partial charge in [0.05, 0.1) is 11.4 Å². The van der Waals surface area contributed by atoms with Crippen molar-refractivity contribution < 1.29 is 0 Å². The smallest absolute Gasteiger partial charge is 0.131 e. The van der Waals surface area contributed by atoms with Crippen LogP contribution in [0, 0.1) is 0 Å². The summed E-state index contributed by atoms with van der Waals surface area (Å²) in [6.07, 6.45) is 4.97. The van der Waals surface area contributed by atoms with Gasteiger partial charge < -0.3 is 10.3 Å². The molecular weight excluding hydrogens is 224 g/mol. The van der Waals surface area contributed by atoms with Crippen molar-refractivity contribution in [2.45, 2.75) is 33.1 Å². The van der Waals surface area contributed by atoms with Crippen LogP contribution in [-0.4, -0.2) is 21.5 Å². The number of hydrogen-bond donors (Lipinski definition) is 2. The van der Waals surface area contributed by atoms with Gasteiger partial charge in [-0.25, -0.2) is 9.97 Å². The van der Waals surface area contributed by atoms with Crippen LogP contribution in [0.2, 0.25) is 0 Å². The summed E-state index contributed by atoms with van der Waals surface area (Å²) in [7, 11) is 0. The van der Waals surface area contributed by atoms with E-state index in [-0.39, 0.29) is 0 Å². The molecule has 0 fully saturated rings. The molecule has 0 atom stereocenters. The van der Waals surface area contributed by atoms with Crippen LogP contribution < -0.4 is 5.32 Å². The Morgan fingerprint density at radius 2 is 2.11 bits per heavy atom. The Bertz CT molecular complexity index is 477. The van der Waals surface area contributed by atoms with Gasteiger partial charge in [-0.2, -0.15) is 0 Å². The van der Waals surface area contributed by atoms with Crippen molar-refractivity contribution in [2.24, 2.45) is 0 Å². The molecule has 0 spiro atoms. The lowest BCUT2D eigenvalue weighted by molar-refractivity contribution is 0.833. The van der Waals surface area contributed by atoms with E-state index in [4.69, 9.17) is 0 Å². The molecule has 0 amide bonds. The maximum absolute atomic E-state index is 4.59. The second-order valence-electron chi connectivity index (χ2n) is 4.32. The van der Waals surface area contributed by atoms with E-state index < -0.39 is 0 Å². The fraction of sp³-hybridized carbons (Fsp3) is 0.429. The third-order valence-corrected chi connectivity index (χ3v) is 2.68. The first-order valence-electron chi connectivity index (χ1n) is 6.59. The molecule has 0 aliphatic heterocycles. The maximum Gasteiger partial charge on any atom is 0.131 e. The van der Waals surface area contributed by atoms with E-state index in [0.717, 1.165) is 48.8 Å². The molecule has 2 aromatic rings. The molecular formula is C14H20N4. The van der Waals surface area contributed by atoms with Gasteiger partial charge in [0.1, 0.15) is 11.6 Å². The van der Waals surface area contributed by atoms with E-state index in [9.17, 15) is 0 Å². The summed E-state index contributed by atoms with van der Waals surface area (Å²) in [5.74, 6) is 1.82. The minimum atomic E-state index is 0.906. The van der Waals surface area contributed by atoms with Crippen LogP contribution in [0.3, 0.4) is 0 Å². The molecule has 4 heteroatoms. The third kappa shape index (κ3) is 3.09. The molecule has 2 heterocycles. The molecule has 18 heavy (non-hydrogen) atoms. The first-order chi connectivity index (χ1) is 8.83. The average Bonchev–Trinajstić information content (AvgIpc) is 2.90.